The molecule has 0 unspecified atom stereocenters. The lowest BCUT2D eigenvalue weighted by atomic mass is 9.86. The quantitative estimate of drug-likeness (QED) is 0.865. The number of nitrogens with zero attached hydrogens (tertiary/aromatic N) is 1. The molecule has 0 spiro atoms. The zero-order valence-corrected chi connectivity index (χ0v) is 11.2. The third kappa shape index (κ3) is 3.38. The number of alkyl halides is 3. The number of hydrogen-bond donors (Lipinski definition) is 1. The predicted molar refractivity (Wildman–Crippen MR) is 67.2 cm³/mol. The summed E-state index contributed by atoms with van der Waals surface area (Å²) in [7, 11) is 0. The van der Waals surface area contributed by atoms with E-state index in [1.807, 2.05) is 0 Å². The maximum atomic E-state index is 13.0. The Hall–Kier alpha value is -0.750. The molecule has 1 saturated carbocycles. The summed E-state index contributed by atoms with van der Waals surface area (Å²) in [6.07, 6.45) is 0.0327. The van der Waals surface area contributed by atoms with Crippen molar-refractivity contribution >= 4 is 34.0 Å². The van der Waals surface area contributed by atoms with Gasteiger partial charge in [0.05, 0.1) is 11.6 Å². The minimum Gasteiger partial charge on any atom is -0.302 e. The molecule has 0 aromatic carbocycles. The number of thiazole rings is 1. The van der Waals surface area contributed by atoms with Gasteiger partial charge in [0.15, 0.2) is 5.13 Å². The number of amides is 1. The monoisotopic (exact) mass is 294 g/mol. The number of anilines is 1. The Balaban J connectivity index is 1.89. The van der Waals surface area contributed by atoms with Gasteiger partial charge in [0.25, 0.3) is 0 Å². The van der Waals surface area contributed by atoms with Crippen LogP contribution in [-0.2, 0) is 10.7 Å². The van der Waals surface area contributed by atoms with Crippen LogP contribution < -0.4 is 5.32 Å². The normalized spacial score (nSPS) is 19.7. The molecule has 1 aromatic rings. The molecule has 0 aliphatic heterocycles. The highest BCUT2D eigenvalue weighted by molar-refractivity contribution is 7.13. The van der Waals surface area contributed by atoms with Gasteiger partial charge in [-0.1, -0.05) is 0 Å². The fraction of sp³-hybridized carbons (Fsp3) is 0.636. The van der Waals surface area contributed by atoms with E-state index in [1.165, 1.54) is 11.3 Å². The van der Waals surface area contributed by atoms with Crippen LogP contribution in [-0.4, -0.2) is 16.8 Å². The van der Waals surface area contributed by atoms with Crippen LogP contribution in [0.25, 0.3) is 0 Å². The van der Waals surface area contributed by atoms with Crippen LogP contribution in [0.5, 0.6) is 0 Å². The van der Waals surface area contributed by atoms with Crippen LogP contribution >= 0.6 is 22.9 Å². The Morgan fingerprint density at radius 3 is 2.78 bits per heavy atom. The van der Waals surface area contributed by atoms with Gasteiger partial charge in [0.1, 0.15) is 0 Å². The molecule has 100 valence electrons. The summed E-state index contributed by atoms with van der Waals surface area (Å²) in [5.74, 6) is -2.87. The van der Waals surface area contributed by atoms with E-state index >= 15 is 0 Å². The molecule has 0 atom stereocenters. The van der Waals surface area contributed by atoms with Gasteiger partial charge in [0.2, 0.25) is 11.8 Å². The molecule has 2 rings (SSSR count). The van der Waals surface area contributed by atoms with Gasteiger partial charge in [-0.2, -0.15) is 0 Å². The van der Waals surface area contributed by atoms with E-state index in [1.54, 1.807) is 5.38 Å². The average Bonchev–Trinajstić information content (AvgIpc) is 2.76. The minimum absolute atomic E-state index is 0.212. The molecule has 1 fully saturated rings. The molecule has 18 heavy (non-hydrogen) atoms. The van der Waals surface area contributed by atoms with E-state index in [2.05, 4.69) is 10.3 Å². The van der Waals surface area contributed by atoms with Crippen LogP contribution in [0, 0.1) is 5.92 Å². The second-order valence-corrected chi connectivity index (χ2v) is 5.52. The molecule has 1 aliphatic carbocycles. The van der Waals surface area contributed by atoms with Crippen LogP contribution in [0.1, 0.15) is 31.4 Å². The molecule has 1 aromatic heterocycles. The summed E-state index contributed by atoms with van der Waals surface area (Å²) in [6.45, 7) is 0. The van der Waals surface area contributed by atoms with Gasteiger partial charge < -0.3 is 5.32 Å². The van der Waals surface area contributed by atoms with Crippen molar-refractivity contribution in [3.63, 3.8) is 0 Å². The first kappa shape index (κ1) is 13.7. The summed E-state index contributed by atoms with van der Waals surface area (Å²) in [6, 6.07) is 0. The number of carbonyl (C=O) groups excluding carboxylic acids is 1. The van der Waals surface area contributed by atoms with Gasteiger partial charge >= 0.3 is 0 Å². The van der Waals surface area contributed by atoms with Crippen molar-refractivity contribution < 1.29 is 13.6 Å². The van der Waals surface area contributed by atoms with Crippen molar-refractivity contribution in [1.82, 2.24) is 4.98 Å². The highest BCUT2D eigenvalue weighted by atomic mass is 35.5. The number of halogens is 3. The van der Waals surface area contributed by atoms with E-state index < -0.39 is 5.92 Å². The van der Waals surface area contributed by atoms with Gasteiger partial charge in [-0.05, 0) is 12.8 Å². The maximum Gasteiger partial charge on any atom is 0.248 e. The van der Waals surface area contributed by atoms with E-state index in [0.717, 1.165) is 0 Å². The first-order chi connectivity index (χ1) is 8.50. The van der Waals surface area contributed by atoms with Gasteiger partial charge in [-0.3, -0.25) is 4.79 Å². The first-order valence-corrected chi connectivity index (χ1v) is 7.11. The molecule has 1 heterocycles. The molecule has 1 N–H and O–H groups in total. The molecule has 7 heteroatoms. The molecular weight excluding hydrogens is 282 g/mol. The summed E-state index contributed by atoms with van der Waals surface area (Å²) < 4.78 is 25.9. The SMILES string of the molecule is O=C(Nc1nc(CCl)cs1)C1CCC(F)(F)CC1. The van der Waals surface area contributed by atoms with E-state index in [0.29, 0.717) is 16.7 Å². The largest absolute Gasteiger partial charge is 0.302 e. The maximum absolute atomic E-state index is 13.0. The predicted octanol–water partition coefficient (Wildman–Crippen LogP) is 3.65. The number of hydrogen-bond acceptors (Lipinski definition) is 3. The standard InChI is InChI=1S/C11H13ClF2N2OS/c12-5-8-6-18-10(15-8)16-9(17)7-1-3-11(13,14)4-2-7/h6-7H,1-5H2,(H,15,16,17). The van der Waals surface area contributed by atoms with Crippen LogP contribution in [0.3, 0.4) is 0 Å². The molecule has 0 bridgehead atoms. The Morgan fingerprint density at radius 1 is 1.56 bits per heavy atom. The fourth-order valence-electron chi connectivity index (χ4n) is 1.94. The smallest absolute Gasteiger partial charge is 0.248 e. The summed E-state index contributed by atoms with van der Waals surface area (Å²) in [5.41, 5.74) is 0.701. The third-order valence-electron chi connectivity index (χ3n) is 3.01. The number of carbonyl (C=O) groups is 1. The Morgan fingerprint density at radius 2 is 2.22 bits per heavy atom. The summed E-state index contributed by atoms with van der Waals surface area (Å²) in [4.78, 5) is 16.0. The van der Waals surface area contributed by atoms with Crippen molar-refractivity contribution in [2.24, 2.45) is 5.92 Å². The summed E-state index contributed by atoms with van der Waals surface area (Å²) in [5, 5.41) is 4.90. The fourth-order valence-corrected chi connectivity index (χ4v) is 2.88. The lowest BCUT2D eigenvalue weighted by Crippen LogP contribution is -2.31. The molecule has 1 aliphatic rings. The van der Waals surface area contributed by atoms with Crippen LogP contribution in [0.4, 0.5) is 13.9 Å². The molecule has 0 saturated heterocycles. The minimum atomic E-state index is -2.61. The molecule has 1 amide bonds. The number of aromatic nitrogens is 1. The van der Waals surface area contributed by atoms with Crippen molar-refractivity contribution in [2.45, 2.75) is 37.5 Å². The lowest BCUT2D eigenvalue weighted by Gasteiger charge is -2.27. The third-order valence-corrected chi connectivity index (χ3v) is 4.09. The lowest BCUT2D eigenvalue weighted by molar-refractivity contribution is -0.124. The van der Waals surface area contributed by atoms with Gasteiger partial charge in [0, 0.05) is 24.1 Å². The second kappa shape index (κ2) is 5.48. The highest BCUT2D eigenvalue weighted by Crippen LogP contribution is 2.36. The zero-order chi connectivity index (χ0) is 13.2. The number of rotatable bonds is 3. The van der Waals surface area contributed by atoms with Crippen molar-refractivity contribution in [1.29, 1.82) is 0 Å². The molecule has 0 radical (unpaired) electrons. The molecule has 3 nitrogen and oxygen atoms in total. The van der Waals surface area contributed by atoms with Crippen molar-refractivity contribution in [2.75, 3.05) is 5.32 Å². The van der Waals surface area contributed by atoms with E-state index in [-0.39, 0.29) is 37.5 Å². The highest BCUT2D eigenvalue weighted by Gasteiger charge is 2.37. The van der Waals surface area contributed by atoms with Gasteiger partial charge in [-0.25, -0.2) is 13.8 Å². The summed E-state index contributed by atoms with van der Waals surface area (Å²) >= 11 is 6.90. The van der Waals surface area contributed by atoms with Crippen molar-refractivity contribution in [3.8, 4) is 0 Å². The molecular formula is C11H13ClF2N2OS. The van der Waals surface area contributed by atoms with Gasteiger partial charge in [-0.15, -0.1) is 22.9 Å². The zero-order valence-electron chi connectivity index (χ0n) is 9.59. The Bertz CT molecular complexity index is 428. The number of nitrogens with one attached hydrogen (secondary N) is 1. The topological polar surface area (TPSA) is 42.0 Å². The average molecular weight is 295 g/mol. The van der Waals surface area contributed by atoms with E-state index in [9.17, 15) is 13.6 Å². The van der Waals surface area contributed by atoms with E-state index in [4.69, 9.17) is 11.6 Å². The first-order valence-electron chi connectivity index (χ1n) is 5.69. The van der Waals surface area contributed by atoms with Crippen LogP contribution in [0.15, 0.2) is 5.38 Å². The van der Waals surface area contributed by atoms with Crippen molar-refractivity contribution in [3.05, 3.63) is 11.1 Å². The Labute approximate surface area is 113 Å². The van der Waals surface area contributed by atoms with Crippen LogP contribution in [0.2, 0.25) is 0 Å². The second-order valence-electron chi connectivity index (χ2n) is 4.40. The Kier molecular flexibility index (Phi) is 4.17.